The predicted molar refractivity (Wildman–Crippen MR) is 145 cm³/mol. The summed E-state index contributed by atoms with van der Waals surface area (Å²) in [5.41, 5.74) is 4.18. The standard InChI is InChI=1S/C30H29F2N5O4/c1-40-28(39)25-17-6-7-18(25)14-36(13-17)30-33-11-19(12-34-30)16-8-9-24-35-26-22(38)10-21(27(26)37(24)15-16)20-4-2-3-5-23(20)41-29(31)32/h2-5,8-9,11-12,15,17-18,21-22,25,29,38H,6-7,10,13-14H2,1H3/t17-,18+,21-,22-,25+/m0/s1. The number of anilines is 1. The lowest BCUT2D eigenvalue weighted by Gasteiger charge is -2.36. The molecule has 41 heavy (non-hydrogen) atoms. The van der Waals surface area contributed by atoms with E-state index < -0.39 is 12.7 Å². The van der Waals surface area contributed by atoms with E-state index in [9.17, 15) is 18.7 Å². The summed E-state index contributed by atoms with van der Waals surface area (Å²) in [7, 11) is 1.45. The molecule has 0 radical (unpaired) electrons. The molecule has 3 aromatic heterocycles. The van der Waals surface area contributed by atoms with Gasteiger partial charge in [0.2, 0.25) is 5.95 Å². The molecule has 2 fully saturated rings. The van der Waals surface area contributed by atoms with Crippen molar-refractivity contribution in [1.29, 1.82) is 0 Å². The van der Waals surface area contributed by atoms with Crippen molar-refractivity contribution in [3.63, 3.8) is 0 Å². The number of ether oxygens (including phenoxy) is 2. The number of carbonyl (C=O) groups excluding carboxylic acids is 1. The normalized spacial score (nSPS) is 25.1. The Balaban J connectivity index is 1.18. The van der Waals surface area contributed by atoms with Crippen LogP contribution in [0, 0.1) is 17.8 Å². The number of aromatic nitrogens is 4. The molecular formula is C30H29F2N5O4. The second kappa shape index (κ2) is 10.1. The van der Waals surface area contributed by atoms with Crippen LogP contribution in [-0.4, -0.2) is 57.2 Å². The molecule has 1 saturated heterocycles. The third-order valence-electron chi connectivity index (χ3n) is 8.86. The number of aliphatic hydroxyl groups excluding tert-OH is 1. The Bertz CT molecular complexity index is 1600. The molecule has 1 N–H and O–H groups in total. The topological polar surface area (TPSA) is 102 Å². The van der Waals surface area contributed by atoms with Gasteiger partial charge in [-0.25, -0.2) is 15.0 Å². The number of hydrogen-bond acceptors (Lipinski definition) is 8. The number of aliphatic hydroxyl groups is 1. The van der Waals surface area contributed by atoms with Crippen molar-refractivity contribution in [2.75, 3.05) is 25.1 Å². The number of methoxy groups -OCH3 is 1. The van der Waals surface area contributed by atoms with Crippen molar-refractivity contribution in [3.8, 4) is 16.9 Å². The first-order chi connectivity index (χ1) is 19.9. The highest BCUT2D eigenvalue weighted by molar-refractivity contribution is 5.74. The first-order valence-corrected chi connectivity index (χ1v) is 13.8. The lowest BCUT2D eigenvalue weighted by molar-refractivity contribution is -0.148. The first kappa shape index (κ1) is 25.8. The van der Waals surface area contributed by atoms with Gasteiger partial charge < -0.3 is 23.9 Å². The van der Waals surface area contributed by atoms with E-state index in [1.807, 2.05) is 22.7 Å². The van der Waals surface area contributed by atoms with Gasteiger partial charge in [0.25, 0.3) is 0 Å². The van der Waals surface area contributed by atoms with Gasteiger partial charge in [-0.15, -0.1) is 0 Å². The second-order valence-corrected chi connectivity index (χ2v) is 11.1. The van der Waals surface area contributed by atoms with Gasteiger partial charge in [-0.2, -0.15) is 8.78 Å². The Hall–Kier alpha value is -4.12. The Kier molecular flexibility index (Phi) is 6.33. The fraction of sp³-hybridized carbons (Fsp3) is 0.400. The van der Waals surface area contributed by atoms with Gasteiger partial charge in [-0.1, -0.05) is 18.2 Å². The minimum Gasteiger partial charge on any atom is -0.469 e. The fourth-order valence-corrected chi connectivity index (χ4v) is 7.08. The van der Waals surface area contributed by atoms with Crippen LogP contribution in [0.1, 0.15) is 48.2 Å². The highest BCUT2D eigenvalue weighted by Crippen LogP contribution is 2.47. The van der Waals surface area contributed by atoms with Gasteiger partial charge in [0.15, 0.2) is 0 Å². The molecule has 4 heterocycles. The SMILES string of the molecule is COC(=O)[C@H]1[C@@H]2CC[C@H]1CN(c1ncc(-c3ccc4nc5c(n4c3)[C@H](c3ccccc3OC(F)F)C[C@@H]5O)cn1)C2. The van der Waals surface area contributed by atoms with Crippen molar-refractivity contribution in [3.05, 3.63) is 71.9 Å². The third kappa shape index (κ3) is 4.39. The molecule has 2 aliphatic carbocycles. The minimum atomic E-state index is -2.95. The van der Waals surface area contributed by atoms with Gasteiger partial charge in [0, 0.05) is 54.3 Å². The Labute approximate surface area is 234 Å². The van der Waals surface area contributed by atoms with E-state index >= 15 is 0 Å². The number of halogens is 2. The summed E-state index contributed by atoms with van der Waals surface area (Å²) in [4.78, 5) is 28.4. The number of carbonyl (C=O) groups is 1. The van der Waals surface area contributed by atoms with Crippen LogP contribution in [0.25, 0.3) is 16.8 Å². The molecule has 7 rings (SSSR count). The van der Waals surface area contributed by atoms with Gasteiger partial charge in [0.05, 0.1) is 30.5 Å². The van der Waals surface area contributed by atoms with E-state index in [-0.39, 0.29) is 35.4 Å². The molecular weight excluding hydrogens is 532 g/mol. The van der Waals surface area contributed by atoms with Crippen LogP contribution in [0.5, 0.6) is 5.75 Å². The molecule has 212 valence electrons. The van der Waals surface area contributed by atoms with Crippen molar-refractivity contribution >= 4 is 17.6 Å². The Morgan fingerprint density at radius 3 is 2.49 bits per heavy atom. The molecule has 2 bridgehead atoms. The number of esters is 1. The van der Waals surface area contributed by atoms with E-state index in [4.69, 9.17) is 9.47 Å². The van der Waals surface area contributed by atoms with Crippen LogP contribution >= 0.6 is 0 Å². The highest BCUT2D eigenvalue weighted by atomic mass is 19.3. The number of fused-ring (bicyclic) bond motifs is 5. The van der Waals surface area contributed by atoms with Crippen LogP contribution in [-0.2, 0) is 9.53 Å². The van der Waals surface area contributed by atoms with Crippen molar-refractivity contribution in [2.24, 2.45) is 17.8 Å². The molecule has 3 aliphatic rings. The Morgan fingerprint density at radius 2 is 1.78 bits per heavy atom. The molecule has 9 nitrogen and oxygen atoms in total. The maximum absolute atomic E-state index is 13.1. The summed E-state index contributed by atoms with van der Waals surface area (Å²) in [6, 6.07) is 10.5. The van der Waals surface area contributed by atoms with E-state index in [0.29, 0.717) is 29.3 Å². The number of para-hydroxylation sites is 1. The van der Waals surface area contributed by atoms with Crippen molar-refractivity contribution < 1.29 is 28.2 Å². The number of pyridine rings is 1. The summed E-state index contributed by atoms with van der Waals surface area (Å²) in [5.74, 6) is 0.681. The summed E-state index contributed by atoms with van der Waals surface area (Å²) in [5, 5.41) is 10.8. The molecule has 1 aromatic carbocycles. The van der Waals surface area contributed by atoms with Gasteiger partial charge in [0.1, 0.15) is 11.4 Å². The molecule has 5 atom stereocenters. The fourth-order valence-electron chi connectivity index (χ4n) is 7.08. The summed E-state index contributed by atoms with van der Waals surface area (Å²) in [6.45, 7) is -1.50. The summed E-state index contributed by atoms with van der Waals surface area (Å²) in [6.07, 6.45) is 6.99. The number of benzene rings is 1. The number of hydrogen-bond donors (Lipinski definition) is 1. The Morgan fingerprint density at radius 1 is 1.05 bits per heavy atom. The molecule has 0 amide bonds. The molecule has 0 unspecified atom stereocenters. The number of imidazole rings is 1. The van der Waals surface area contributed by atoms with E-state index in [2.05, 4.69) is 19.9 Å². The monoisotopic (exact) mass is 561 g/mol. The molecule has 4 aromatic rings. The number of piperidine rings is 1. The quantitative estimate of drug-likeness (QED) is 0.341. The van der Waals surface area contributed by atoms with Gasteiger partial charge in [-0.3, -0.25) is 4.79 Å². The molecule has 1 aliphatic heterocycles. The zero-order valence-electron chi connectivity index (χ0n) is 22.4. The number of nitrogens with zero attached hydrogens (tertiary/aromatic N) is 5. The number of alkyl halides is 2. The largest absolute Gasteiger partial charge is 0.469 e. The predicted octanol–water partition coefficient (Wildman–Crippen LogP) is 4.60. The van der Waals surface area contributed by atoms with E-state index in [0.717, 1.165) is 42.8 Å². The van der Waals surface area contributed by atoms with Crippen LogP contribution in [0.3, 0.4) is 0 Å². The average molecular weight is 562 g/mol. The summed E-state index contributed by atoms with van der Waals surface area (Å²) < 4.78 is 38.0. The van der Waals surface area contributed by atoms with Crippen LogP contribution < -0.4 is 9.64 Å². The van der Waals surface area contributed by atoms with Gasteiger partial charge in [-0.05, 0) is 49.3 Å². The maximum Gasteiger partial charge on any atom is 0.387 e. The number of rotatable bonds is 6. The van der Waals surface area contributed by atoms with Crippen molar-refractivity contribution in [2.45, 2.75) is 37.9 Å². The summed E-state index contributed by atoms with van der Waals surface area (Å²) >= 11 is 0. The highest BCUT2D eigenvalue weighted by Gasteiger charge is 2.47. The van der Waals surface area contributed by atoms with E-state index in [1.165, 1.54) is 13.2 Å². The smallest absolute Gasteiger partial charge is 0.387 e. The molecule has 0 spiro atoms. The maximum atomic E-state index is 13.1. The lowest BCUT2D eigenvalue weighted by atomic mass is 9.85. The van der Waals surface area contributed by atoms with Gasteiger partial charge >= 0.3 is 12.6 Å². The lowest BCUT2D eigenvalue weighted by Crippen LogP contribution is -2.45. The zero-order chi connectivity index (χ0) is 28.2. The van der Waals surface area contributed by atoms with E-state index in [1.54, 1.807) is 30.6 Å². The minimum absolute atomic E-state index is 0.0459. The van der Waals surface area contributed by atoms with Crippen LogP contribution in [0.2, 0.25) is 0 Å². The molecule has 11 heteroatoms. The first-order valence-electron chi connectivity index (χ1n) is 13.8. The third-order valence-corrected chi connectivity index (χ3v) is 8.86. The van der Waals surface area contributed by atoms with Crippen LogP contribution in [0.4, 0.5) is 14.7 Å². The second-order valence-electron chi connectivity index (χ2n) is 11.1. The zero-order valence-corrected chi connectivity index (χ0v) is 22.4. The molecule has 1 saturated carbocycles. The van der Waals surface area contributed by atoms with Crippen LogP contribution in [0.15, 0.2) is 55.0 Å². The average Bonchev–Trinajstić information content (AvgIpc) is 3.60. The van der Waals surface area contributed by atoms with Crippen molar-refractivity contribution in [1.82, 2.24) is 19.4 Å².